The lowest BCUT2D eigenvalue weighted by Gasteiger charge is -2.44. The summed E-state index contributed by atoms with van der Waals surface area (Å²) in [4.78, 5) is 37.8. The molecule has 9 nitrogen and oxygen atoms in total. The molecule has 1 aliphatic heterocycles. The molecule has 0 aromatic carbocycles. The molecule has 1 rings (SSSR count). The number of rotatable bonds is 10. The van der Waals surface area contributed by atoms with Crippen molar-refractivity contribution in [3.05, 3.63) is 0 Å². The lowest BCUT2D eigenvalue weighted by Crippen LogP contribution is -2.68. The smallest absolute Gasteiger partial charge is 0.247 e. The molecule has 1 fully saturated rings. The number of likely N-dealkylation sites (N-methyl/N-ethyl adjacent to an activating group) is 1. The highest BCUT2D eigenvalue weighted by Crippen LogP contribution is 2.22. The van der Waals surface area contributed by atoms with Crippen LogP contribution in [0.15, 0.2) is 0 Å². The number of carbonyl (C=O) groups excluding carboxylic acids is 3. The van der Waals surface area contributed by atoms with Crippen LogP contribution in [0.1, 0.15) is 26.7 Å². The van der Waals surface area contributed by atoms with E-state index in [-0.39, 0.29) is 25.5 Å². The van der Waals surface area contributed by atoms with Crippen molar-refractivity contribution < 1.29 is 22.8 Å². The number of carbonyl (C=O) groups is 3. The fourth-order valence-electron chi connectivity index (χ4n) is 2.56. The molecule has 2 N–H and O–H groups in total. The van der Waals surface area contributed by atoms with Crippen LogP contribution >= 0.6 is 11.8 Å². The molecule has 1 heterocycles. The standard InChI is InChI=1S/C16H30N4O5S2/c1-5-8-26-9-6-7-17-13(21)10-18-15(23)16(2)12-20(27(4,24)25)11-14(22)19(16)3/h5-12H2,1-4H3,(H,17,21)(H,18,23)/t16-/m1/s1. The van der Waals surface area contributed by atoms with Gasteiger partial charge in [-0.05, 0) is 31.3 Å². The summed E-state index contributed by atoms with van der Waals surface area (Å²) in [5.74, 6) is 0.697. The minimum absolute atomic E-state index is 0.157. The zero-order chi connectivity index (χ0) is 20.7. The van der Waals surface area contributed by atoms with Gasteiger partial charge in [-0.2, -0.15) is 16.1 Å². The van der Waals surface area contributed by atoms with Crippen LogP contribution in [-0.4, -0.2) is 91.9 Å². The summed E-state index contributed by atoms with van der Waals surface area (Å²) in [6.07, 6.45) is 2.97. The lowest BCUT2D eigenvalue weighted by molar-refractivity contribution is -0.150. The topological polar surface area (TPSA) is 116 Å². The van der Waals surface area contributed by atoms with Crippen LogP contribution in [0.3, 0.4) is 0 Å². The maximum absolute atomic E-state index is 12.6. The van der Waals surface area contributed by atoms with E-state index in [0.717, 1.165) is 34.9 Å². The molecule has 3 amide bonds. The van der Waals surface area contributed by atoms with Crippen molar-refractivity contribution >= 4 is 39.5 Å². The van der Waals surface area contributed by atoms with E-state index in [9.17, 15) is 22.8 Å². The Kier molecular flexibility index (Phi) is 9.03. The van der Waals surface area contributed by atoms with Crippen LogP contribution in [-0.2, 0) is 24.4 Å². The second-order valence-corrected chi connectivity index (χ2v) is 9.96. The van der Waals surface area contributed by atoms with E-state index in [1.54, 1.807) is 0 Å². The number of thioether (sulfide) groups is 1. The molecule has 0 spiro atoms. The summed E-state index contributed by atoms with van der Waals surface area (Å²) in [6, 6.07) is 0. The molecular formula is C16H30N4O5S2. The van der Waals surface area contributed by atoms with Crippen LogP contribution < -0.4 is 10.6 Å². The predicted molar refractivity (Wildman–Crippen MR) is 106 cm³/mol. The van der Waals surface area contributed by atoms with E-state index in [2.05, 4.69) is 17.6 Å². The van der Waals surface area contributed by atoms with E-state index in [1.807, 2.05) is 11.8 Å². The predicted octanol–water partition coefficient (Wildman–Crippen LogP) is -0.756. The molecule has 11 heteroatoms. The molecular weight excluding hydrogens is 392 g/mol. The van der Waals surface area contributed by atoms with Gasteiger partial charge in [0.25, 0.3) is 0 Å². The summed E-state index contributed by atoms with van der Waals surface area (Å²) in [5.41, 5.74) is -1.38. The monoisotopic (exact) mass is 422 g/mol. The minimum atomic E-state index is -3.62. The van der Waals surface area contributed by atoms with E-state index in [1.165, 1.54) is 18.9 Å². The summed E-state index contributed by atoms with van der Waals surface area (Å²) in [7, 11) is -2.16. The average Bonchev–Trinajstić information content (AvgIpc) is 2.59. The Morgan fingerprint density at radius 1 is 1.26 bits per heavy atom. The Morgan fingerprint density at radius 2 is 1.93 bits per heavy atom. The first kappa shape index (κ1) is 23.7. The van der Waals surface area contributed by atoms with Gasteiger partial charge >= 0.3 is 0 Å². The van der Waals surface area contributed by atoms with Crippen LogP contribution in [0.2, 0.25) is 0 Å². The van der Waals surface area contributed by atoms with Crippen molar-refractivity contribution in [1.82, 2.24) is 19.8 Å². The van der Waals surface area contributed by atoms with Crippen molar-refractivity contribution in [2.45, 2.75) is 32.2 Å². The highest BCUT2D eigenvalue weighted by Gasteiger charge is 2.47. The molecule has 1 atom stereocenters. The van der Waals surface area contributed by atoms with E-state index >= 15 is 0 Å². The van der Waals surface area contributed by atoms with Crippen LogP contribution in [0.25, 0.3) is 0 Å². The number of hydrogen-bond acceptors (Lipinski definition) is 6. The molecule has 0 aliphatic carbocycles. The SMILES string of the molecule is CCCSCCCNC(=O)CNC(=O)[C@@]1(C)CN(S(C)(=O)=O)CC(=O)N1C. The zero-order valence-electron chi connectivity index (χ0n) is 16.4. The molecule has 1 aliphatic rings. The molecule has 0 unspecified atom stereocenters. The largest absolute Gasteiger partial charge is 0.355 e. The molecule has 0 saturated carbocycles. The Labute approximate surface area is 165 Å². The van der Waals surface area contributed by atoms with Crippen molar-refractivity contribution in [2.75, 3.05) is 51.0 Å². The highest BCUT2D eigenvalue weighted by atomic mass is 32.2. The fourth-order valence-corrected chi connectivity index (χ4v) is 4.23. The van der Waals surface area contributed by atoms with Gasteiger partial charge in [-0.1, -0.05) is 6.92 Å². The second-order valence-electron chi connectivity index (χ2n) is 6.76. The molecule has 0 radical (unpaired) electrons. The number of sulfonamides is 1. The maximum Gasteiger partial charge on any atom is 0.247 e. The van der Waals surface area contributed by atoms with Crippen molar-refractivity contribution in [1.29, 1.82) is 0 Å². The van der Waals surface area contributed by atoms with Crippen LogP contribution in [0, 0.1) is 0 Å². The van der Waals surface area contributed by atoms with Crippen LogP contribution in [0.4, 0.5) is 0 Å². The third-order valence-corrected chi connectivity index (χ3v) is 6.88. The van der Waals surface area contributed by atoms with E-state index in [4.69, 9.17) is 0 Å². The first-order chi connectivity index (χ1) is 12.5. The zero-order valence-corrected chi connectivity index (χ0v) is 18.0. The van der Waals surface area contributed by atoms with E-state index < -0.39 is 27.4 Å². The molecule has 0 aromatic heterocycles. The number of hydrogen-bond donors (Lipinski definition) is 2. The van der Waals surface area contributed by atoms with Crippen molar-refractivity contribution in [3.8, 4) is 0 Å². The van der Waals surface area contributed by atoms with Gasteiger partial charge in [0.15, 0.2) is 0 Å². The Morgan fingerprint density at radius 3 is 2.52 bits per heavy atom. The van der Waals surface area contributed by atoms with Gasteiger partial charge in [0.1, 0.15) is 5.54 Å². The van der Waals surface area contributed by atoms with Gasteiger partial charge in [-0.25, -0.2) is 8.42 Å². The Hall–Kier alpha value is -1.33. The Balaban J connectivity index is 2.54. The summed E-state index contributed by atoms with van der Waals surface area (Å²) in [6.45, 7) is 3.45. The number of amides is 3. The number of nitrogens with zero attached hydrogens (tertiary/aromatic N) is 2. The molecule has 156 valence electrons. The molecule has 0 aromatic rings. The Bertz CT molecular complexity index is 655. The van der Waals surface area contributed by atoms with Gasteiger partial charge in [0.2, 0.25) is 27.7 Å². The third kappa shape index (κ3) is 6.96. The fraction of sp³-hybridized carbons (Fsp3) is 0.812. The molecule has 27 heavy (non-hydrogen) atoms. The summed E-state index contributed by atoms with van der Waals surface area (Å²) >= 11 is 1.83. The first-order valence-electron chi connectivity index (χ1n) is 8.87. The van der Waals surface area contributed by atoms with Crippen molar-refractivity contribution in [3.63, 3.8) is 0 Å². The van der Waals surface area contributed by atoms with Gasteiger partial charge in [0, 0.05) is 20.1 Å². The first-order valence-corrected chi connectivity index (χ1v) is 11.9. The second kappa shape index (κ2) is 10.3. The highest BCUT2D eigenvalue weighted by molar-refractivity contribution is 7.99. The number of nitrogens with one attached hydrogen (secondary N) is 2. The maximum atomic E-state index is 12.6. The lowest BCUT2D eigenvalue weighted by atomic mass is 9.96. The normalized spacial score (nSPS) is 21.2. The quantitative estimate of drug-likeness (QED) is 0.447. The average molecular weight is 423 g/mol. The molecule has 1 saturated heterocycles. The van der Waals surface area contributed by atoms with Gasteiger partial charge < -0.3 is 15.5 Å². The van der Waals surface area contributed by atoms with Gasteiger partial charge in [0.05, 0.1) is 19.3 Å². The van der Waals surface area contributed by atoms with Gasteiger partial charge in [-0.15, -0.1) is 0 Å². The van der Waals surface area contributed by atoms with Gasteiger partial charge in [-0.3, -0.25) is 14.4 Å². The molecule has 0 bridgehead atoms. The third-order valence-electron chi connectivity index (χ3n) is 4.41. The summed E-state index contributed by atoms with van der Waals surface area (Å²) in [5, 5.41) is 5.23. The van der Waals surface area contributed by atoms with Crippen molar-refractivity contribution in [2.24, 2.45) is 0 Å². The van der Waals surface area contributed by atoms with Crippen LogP contribution in [0.5, 0.6) is 0 Å². The van der Waals surface area contributed by atoms with E-state index in [0.29, 0.717) is 6.54 Å². The minimum Gasteiger partial charge on any atom is -0.355 e. The summed E-state index contributed by atoms with van der Waals surface area (Å²) < 4.78 is 24.5. The number of piperazine rings is 1.